The maximum Gasteiger partial charge on any atom is 0.266 e. The van der Waals surface area contributed by atoms with Crippen molar-refractivity contribution in [2.45, 2.75) is 25.2 Å². The minimum atomic E-state index is -3.56. The minimum Gasteiger partial charge on any atom is -0.321 e. The van der Waals surface area contributed by atoms with E-state index in [2.05, 4.69) is 17.1 Å². The van der Waals surface area contributed by atoms with Crippen molar-refractivity contribution in [2.24, 2.45) is 0 Å². The summed E-state index contributed by atoms with van der Waals surface area (Å²) >= 11 is 1.39. The minimum absolute atomic E-state index is 0.201. The molecule has 1 saturated heterocycles. The number of nitrogens with zero attached hydrogens (tertiary/aromatic N) is 2. The van der Waals surface area contributed by atoms with Crippen molar-refractivity contribution in [3.63, 3.8) is 0 Å². The number of carbonyl (C=O) groups excluding carboxylic acids is 1. The van der Waals surface area contributed by atoms with Gasteiger partial charge in [0.1, 0.15) is 0 Å². The van der Waals surface area contributed by atoms with Gasteiger partial charge in [-0.25, -0.2) is 8.42 Å². The average Bonchev–Trinajstić information content (AvgIpc) is 3.17. The Bertz CT molecular complexity index is 900. The van der Waals surface area contributed by atoms with Crippen LogP contribution < -0.4 is 5.32 Å². The molecule has 1 amide bonds. The second-order valence-corrected chi connectivity index (χ2v) is 9.30. The van der Waals surface area contributed by atoms with Crippen LogP contribution in [0, 0.1) is 0 Å². The molecule has 3 rings (SSSR count). The van der Waals surface area contributed by atoms with Gasteiger partial charge in [-0.05, 0) is 48.2 Å². The van der Waals surface area contributed by atoms with E-state index in [1.807, 2.05) is 18.4 Å². The molecule has 1 aliphatic heterocycles. The van der Waals surface area contributed by atoms with Crippen LogP contribution in [0.4, 0.5) is 5.69 Å². The Hall–Kier alpha value is -1.74. The fourth-order valence-electron chi connectivity index (χ4n) is 3.17. The number of hydrogen-bond acceptors (Lipinski definition) is 5. The Morgan fingerprint density at radius 2 is 1.89 bits per heavy atom. The van der Waals surface area contributed by atoms with E-state index in [-0.39, 0.29) is 10.8 Å². The summed E-state index contributed by atoms with van der Waals surface area (Å²) in [6.45, 7) is 7.47. The van der Waals surface area contributed by atoms with Gasteiger partial charge >= 0.3 is 0 Å². The SMILES string of the molecule is CCc1ccsc1C(=O)Nc1cccc(S(=O)(=O)N2CCN(CC)CC2)c1. The van der Waals surface area contributed by atoms with Gasteiger partial charge in [0, 0.05) is 31.9 Å². The Kier molecular flexibility index (Phi) is 6.31. The molecule has 1 aliphatic rings. The van der Waals surface area contributed by atoms with Crippen LogP contribution >= 0.6 is 11.3 Å². The molecular formula is C19H25N3O3S2. The maximum absolute atomic E-state index is 12.9. The largest absolute Gasteiger partial charge is 0.321 e. The number of amides is 1. The van der Waals surface area contributed by atoms with Crippen molar-refractivity contribution < 1.29 is 13.2 Å². The number of benzene rings is 1. The molecule has 0 atom stereocenters. The number of anilines is 1. The average molecular weight is 408 g/mol. The lowest BCUT2D eigenvalue weighted by Gasteiger charge is -2.33. The summed E-state index contributed by atoms with van der Waals surface area (Å²) < 4.78 is 27.4. The predicted octanol–water partition coefficient (Wildman–Crippen LogP) is 2.89. The maximum atomic E-state index is 12.9. The molecule has 2 aromatic rings. The molecule has 0 bridgehead atoms. The first-order chi connectivity index (χ1) is 13.0. The Morgan fingerprint density at radius 3 is 2.56 bits per heavy atom. The van der Waals surface area contributed by atoms with Crippen LogP contribution in [0.5, 0.6) is 0 Å². The third kappa shape index (κ3) is 4.40. The third-order valence-electron chi connectivity index (χ3n) is 4.84. The van der Waals surface area contributed by atoms with Crippen molar-refractivity contribution >= 4 is 33.0 Å². The Labute approximate surface area is 164 Å². The predicted molar refractivity (Wildman–Crippen MR) is 109 cm³/mol. The molecule has 0 aliphatic carbocycles. The molecule has 0 radical (unpaired) electrons. The molecule has 0 unspecified atom stereocenters. The first kappa shape index (κ1) is 20.0. The first-order valence-electron chi connectivity index (χ1n) is 9.16. The van der Waals surface area contributed by atoms with Crippen LogP contribution in [0.3, 0.4) is 0 Å². The molecular weight excluding hydrogens is 382 g/mol. The van der Waals surface area contributed by atoms with Gasteiger partial charge in [0.25, 0.3) is 5.91 Å². The molecule has 8 heteroatoms. The second-order valence-electron chi connectivity index (χ2n) is 6.45. The molecule has 146 valence electrons. The highest BCUT2D eigenvalue weighted by Gasteiger charge is 2.28. The van der Waals surface area contributed by atoms with Crippen molar-refractivity contribution in [3.8, 4) is 0 Å². The van der Waals surface area contributed by atoms with Gasteiger partial charge < -0.3 is 10.2 Å². The zero-order valence-corrected chi connectivity index (χ0v) is 17.3. The van der Waals surface area contributed by atoms with E-state index in [1.165, 1.54) is 15.6 Å². The number of hydrogen-bond donors (Lipinski definition) is 1. The quantitative estimate of drug-likeness (QED) is 0.799. The number of sulfonamides is 1. The number of nitrogens with one attached hydrogen (secondary N) is 1. The number of aryl methyl sites for hydroxylation is 1. The first-order valence-corrected chi connectivity index (χ1v) is 11.5. The Balaban J connectivity index is 1.76. The van der Waals surface area contributed by atoms with E-state index in [9.17, 15) is 13.2 Å². The van der Waals surface area contributed by atoms with E-state index in [0.29, 0.717) is 23.7 Å². The summed E-state index contributed by atoms with van der Waals surface area (Å²) in [7, 11) is -3.56. The van der Waals surface area contributed by atoms with Crippen LogP contribution in [-0.4, -0.2) is 56.3 Å². The van der Waals surface area contributed by atoms with Gasteiger partial charge in [0.15, 0.2) is 0 Å². The van der Waals surface area contributed by atoms with Gasteiger partial charge in [-0.1, -0.05) is 19.9 Å². The highest BCUT2D eigenvalue weighted by Crippen LogP contribution is 2.23. The highest BCUT2D eigenvalue weighted by molar-refractivity contribution is 7.89. The third-order valence-corrected chi connectivity index (χ3v) is 7.69. The summed E-state index contributed by atoms with van der Waals surface area (Å²) in [5.74, 6) is -0.201. The molecule has 0 saturated carbocycles. The zero-order chi connectivity index (χ0) is 19.4. The molecule has 27 heavy (non-hydrogen) atoms. The van der Waals surface area contributed by atoms with Gasteiger partial charge in [0.2, 0.25) is 10.0 Å². The van der Waals surface area contributed by atoms with Gasteiger partial charge in [0.05, 0.1) is 9.77 Å². The Morgan fingerprint density at radius 1 is 1.15 bits per heavy atom. The number of carbonyl (C=O) groups is 1. The van der Waals surface area contributed by atoms with E-state index in [1.54, 1.807) is 24.3 Å². The standard InChI is InChI=1S/C19H25N3O3S2/c1-3-15-8-13-26-18(15)19(23)20-16-6-5-7-17(14-16)27(24,25)22-11-9-21(4-2)10-12-22/h5-8,13-14H,3-4,9-12H2,1-2H3,(H,20,23). The lowest BCUT2D eigenvalue weighted by molar-refractivity contribution is 0.102. The van der Waals surface area contributed by atoms with Gasteiger partial charge in [-0.2, -0.15) is 4.31 Å². The molecule has 6 nitrogen and oxygen atoms in total. The van der Waals surface area contributed by atoms with E-state index in [0.717, 1.165) is 31.6 Å². The fraction of sp³-hybridized carbons (Fsp3) is 0.421. The molecule has 1 aromatic carbocycles. The lowest BCUT2D eigenvalue weighted by Crippen LogP contribution is -2.48. The normalized spacial score (nSPS) is 16.4. The van der Waals surface area contributed by atoms with E-state index >= 15 is 0 Å². The number of rotatable bonds is 6. The zero-order valence-electron chi connectivity index (χ0n) is 15.6. The van der Waals surface area contributed by atoms with E-state index in [4.69, 9.17) is 0 Å². The summed E-state index contributed by atoms with van der Waals surface area (Å²) in [4.78, 5) is 15.6. The second kappa shape index (κ2) is 8.52. The number of likely N-dealkylation sites (N-methyl/N-ethyl adjacent to an activating group) is 1. The van der Waals surface area contributed by atoms with Crippen molar-refractivity contribution in [1.82, 2.24) is 9.21 Å². The highest BCUT2D eigenvalue weighted by atomic mass is 32.2. The topological polar surface area (TPSA) is 69.7 Å². The smallest absolute Gasteiger partial charge is 0.266 e. The van der Waals surface area contributed by atoms with Crippen molar-refractivity contribution in [1.29, 1.82) is 0 Å². The van der Waals surface area contributed by atoms with Crippen LogP contribution in [0.15, 0.2) is 40.6 Å². The molecule has 1 N–H and O–H groups in total. The van der Waals surface area contributed by atoms with Crippen molar-refractivity contribution in [2.75, 3.05) is 38.0 Å². The summed E-state index contributed by atoms with van der Waals surface area (Å²) in [6.07, 6.45) is 0.782. The van der Waals surface area contributed by atoms with Crippen LogP contribution in [0.2, 0.25) is 0 Å². The summed E-state index contributed by atoms with van der Waals surface area (Å²) in [5, 5.41) is 4.72. The number of thiophene rings is 1. The number of piperazine rings is 1. The van der Waals surface area contributed by atoms with Gasteiger partial charge in [-0.15, -0.1) is 11.3 Å². The molecule has 0 spiro atoms. The molecule has 1 aromatic heterocycles. The summed E-state index contributed by atoms with van der Waals surface area (Å²) in [6, 6.07) is 8.44. The fourth-order valence-corrected chi connectivity index (χ4v) is 5.53. The van der Waals surface area contributed by atoms with Crippen LogP contribution in [-0.2, 0) is 16.4 Å². The monoisotopic (exact) mass is 407 g/mol. The molecule has 1 fully saturated rings. The van der Waals surface area contributed by atoms with Gasteiger partial charge in [-0.3, -0.25) is 4.79 Å². The van der Waals surface area contributed by atoms with E-state index < -0.39 is 10.0 Å². The lowest BCUT2D eigenvalue weighted by atomic mass is 10.2. The summed E-state index contributed by atoms with van der Waals surface area (Å²) in [5.41, 5.74) is 1.48. The van der Waals surface area contributed by atoms with Crippen LogP contribution in [0.1, 0.15) is 29.1 Å². The van der Waals surface area contributed by atoms with Crippen molar-refractivity contribution in [3.05, 3.63) is 46.2 Å². The molecule has 2 heterocycles. The van der Waals surface area contributed by atoms with Crippen LogP contribution in [0.25, 0.3) is 0 Å².